The first-order valence-corrected chi connectivity index (χ1v) is 7.26. The summed E-state index contributed by atoms with van der Waals surface area (Å²) in [5.41, 5.74) is 2.27. The molecule has 1 aliphatic heterocycles. The summed E-state index contributed by atoms with van der Waals surface area (Å²) in [6.07, 6.45) is 2.25. The van der Waals surface area contributed by atoms with E-state index in [1.165, 1.54) is 0 Å². The van der Waals surface area contributed by atoms with E-state index < -0.39 is 0 Å². The van der Waals surface area contributed by atoms with Gasteiger partial charge >= 0.3 is 0 Å². The van der Waals surface area contributed by atoms with Gasteiger partial charge in [0, 0.05) is 19.6 Å². The maximum absolute atomic E-state index is 14.2. The maximum Gasteiger partial charge on any atom is 0.146 e. The zero-order chi connectivity index (χ0) is 13.9. The summed E-state index contributed by atoms with van der Waals surface area (Å²) < 4.78 is 14.2. The van der Waals surface area contributed by atoms with Crippen LogP contribution >= 0.6 is 0 Å². The summed E-state index contributed by atoms with van der Waals surface area (Å²) in [5, 5.41) is 3.29. The Balaban J connectivity index is 2.19. The monoisotopic (exact) mass is 264 g/mol. The Morgan fingerprint density at radius 3 is 2.58 bits per heavy atom. The molecule has 0 amide bonds. The second-order valence-corrected chi connectivity index (χ2v) is 6.18. The third-order valence-corrected chi connectivity index (χ3v) is 4.07. The molecule has 106 valence electrons. The molecule has 0 atom stereocenters. The van der Waals surface area contributed by atoms with E-state index in [4.69, 9.17) is 0 Å². The van der Waals surface area contributed by atoms with Crippen LogP contribution in [0.15, 0.2) is 18.2 Å². The Kier molecular flexibility index (Phi) is 4.46. The van der Waals surface area contributed by atoms with Gasteiger partial charge in [0.05, 0.1) is 5.69 Å². The number of nitrogens with one attached hydrogen (secondary N) is 1. The lowest BCUT2D eigenvalue weighted by atomic mass is 9.82. The number of nitrogens with zero attached hydrogens (tertiary/aromatic N) is 1. The van der Waals surface area contributed by atoms with Crippen molar-refractivity contribution in [2.24, 2.45) is 5.41 Å². The fourth-order valence-electron chi connectivity index (χ4n) is 2.65. The summed E-state index contributed by atoms with van der Waals surface area (Å²) in [6.45, 7) is 10.2. The van der Waals surface area contributed by atoms with Crippen LogP contribution in [-0.4, -0.2) is 19.6 Å². The lowest BCUT2D eigenvalue weighted by molar-refractivity contribution is 0.278. The van der Waals surface area contributed by atoms with Crippen molar-refractivity contribution in [3.8, 4) is 0 Å². The average Bonchev–Trinajstić information content (AvgIpc) is 2.37. The maximum atomic E-state index is 14.2. The fourth-order valence-corrected chi connectivity index (χ4v) is 2.65. The van der Waals surface area contributed by atoms with Gasteiger partial charge in [0.2, 0.25) is 0 Å². The number of piperidine rings is 1. The van der Waals surface area contributed by atoms with Crippen LogP contribution in [0.4, 0.5) is 10.1 Å². The summed E-state index contributed by atoms with van der Waals surface area (Å²) in [7, 11) is 0. The number of hydrogen-bond acceptors (Lipinski definition) is 2. The van der Waals surface area contributed by atoms with E-state index >= 15 is 0 Å². The second kappa shape index (κ2) is 5.91. The van der Waals surface area contributed by atoms with E-state index in [0.717, 1.165) is 50.3 Å². The second-order valence-electron chi connectivity index (χ2n) is 6.18. The van der Waals surface area contributed by atoms with E-state index in [1.807, 2.05) is 6.07 Å². The lowest BCUT2D eigenvalue weighted by Gasteiger charge is -2.39. The molecule has 2 nitrogen and oxygen atoms in total. The molecule has 1 heterocycles. The molecule has 2 rings (SSSR count). The standard InChI is InChI=1S/C16H25FN2/c1-4-18-12-13-6-5-7-14(17)15(13)19-10-8-16(2,3)9-11-19/h5-7,18H,4,8-12H2,1-3H3. The highest BCUT2D eigenvalue weighted by molar-refractivity contribution is 5.55. The van der Waals surface area contributed by atoms with Gasteiger partial charge in [-0.25, -0.2) is 4.39 Å². The highest BCUT2D eigenvalue weighted by atomic mass is 19.1. The van der Waals surface area contributed by atoms with Crippen molar-refractivity contribution >= 4 is 5.69 Å². The molecule has 1 aromatic carbocycles. The third kappa shape index (κ3) is 3.47. The highest BCUT2D eigenvalue weighted by Gasteiger charge is 2.27. The van der Waals surface area contributed by atoms with Crippen LogP contribution in [-0.2, 0) is 6.54 Å². The molecule has 1 aliphatic rings. The molecule has 0 saturated carbocycles. The number of para-hydroxylation sites is 1. The number of rotatable bonds is 4. The largest absolute Gasteiger partial charge is 0.369 e. The van der Waals surface area contributed by atoms with Gasteiger partial charge in [0.1, 0.15) is 5.82 Å². The van der Waals surface area contributed by atoms with Crippen LogP contribution < -0.4 is 10.2 Å². The minimum atomic E-state index is -0.0879. The Labute approximate surface area is 116 Å². The quantitative estimate of drug-likeness (QED) is 0.894. The minimum Gasteiger partial charge on any atom is -0.369 e. The molecule has 0 aliphatic carbocycles. The van der Waals surface area contributed by atoms with Gasteiger partial charge in [-0.05, 0) is 36.4 Å². The molecule has 1 fully saturated rings. The Morgan fingerprint density at radius 1 is 1.26 bits per heavy atom. The van der Waals surface area contributed by atoms with E-state index in [9.17, 15) is 4.39 Å². The Bertz CT molecular complexity index is 419. The molecule has 0 bridgehead atoms. The van der Waals surface area contributed by atoms with Crippen LogP contribution in [0.2, 0.25) is 0 Å². The normalized spacial score (nSPS) is 18.6. The molecule has 0 unspecified atom stereocenters. The zero-order valence-corrected chi connectivity index (χ0v) is 12.3. The molecule has 19 heavy (non-hydrogen) atoms. The third-order valence-electron chi connectivity index (χ3n) is 4.07. The van der Waals surface area contributed by atoms with Gasteiger partial charge in [-0.3, -0.25) is 0 Å². The van der Waals surface area contributed by atoms with Crippen LogP contribution in [0.1, 0.15) is 39.2 Å². The van der Waals surface area contributed by atoms with Crippen LogP contribution in [0.3, 0.4) is 0 Å². The van der Waals surface area contributed by atoms with Crippen LogP contribution in [0.25, 0.3) is 0 Å². The predicted molar refractivity (Wildman–Crippen MR) is 79.0 cm³/mol. The van der Waals surface area contributed by atoms with Crippen molar-refractivity contribution in [3.05, 3.63) is 29.6 Å². The van der Waals surface area contributed by atoms with Crippen molar-refractivity contribution in [3.63, 3.8) is 0 Å². The average molecular weight is 264 g/mol. The molecule has 0 spiro atoms. The highest BCUT2D eigenvalue weighted by Crippen LogP contribution is 2.34. The van der Waals surface area contributed by atoms with Crippen molar-refractivity contribution in [1.29, 1.82) is 0 Å². The van der Waals surface area contributed by atoms with Gasteiger partial charge in [-0.1, -0.05) is 32.9 Å². The molecular formula is C16H25FN2. The topological polar surface area (TPSA) is 15.3 Å². The fraction of sp³-hybridized carbons (Fsp3) is 0.625. The van der Waals surface area contributed by atoms with E-state index in [-0.39, 0.29) is 5.82 Å². The van der Waals surface area contributed by atoms with Crippen molar-refractivity contribution in [2.45, 2.75) is 40.2 Å². The van der Waals surface area contributed by atoms with E-state index in [1.54, 1.807) is 12.1 Å². The lowest BCUT2D eigenvalue weighted by Crippen LogP contribution is -2.38. The van der Waals surface area contributed by atoms with E-state index in [0.29, 0.717) is 5.41 Å². The number of hydrogen-bond donors (Lipinski definition) is 1. The molecule has 1 aromatic rings. The smallest absolute Gasteiger partial charge is 0.146 e. The first-order valence-electron chi connectivity index (χ1n) is 7.26. The molecule has 0 radical (unpaired) electrons. The van der Waals surface area contributed by atoms with Gasteiger partial charge in [0.25, 0.3) is 0 Å². The summed E-state index contributed by atoms with van der Waals surface area (Å²) in [6, 6.07) is 5.41. The Morgan fingerprint density at radius 2 is 1.95 bits per heavy atom. The molecule has 1 saturated heterocycles. The molecule has 3 heteroatoms. The first kappa shape index (κ1) is 14.3. The summed E-state index contributed by atoms with van der Waals surface area (Å²) in [4.78, 5) is 2.22. The minimum absolute atomic E-state index is 0.0879. The number of halogens is 1. The van der Waals surface area contributed by atoms with Crippen LogP contribution in [0.5, 0.6) is 0 Å². The van der Waals surface area contributed by atoms with Crippen molar-refractivity contribution in [1.82, 2.24) is 5.32 Å². The molecule has 1 N–H and O–H groups in total. The van der Waals surface area contributed by atoms with Gasteiger partial charge in [-0.2, -0.15) is 0 Å². The predicted octanol–water partition coefficient (Wildman–Crippen LogP) is 3.56. The van der Waals surface area contributed by atoms with E-state index in [2.05, 4.69) is 31.0 Å². The molecular weight excluding hydrogens is 239 g/mol. The number of benzene rings is 1. The first-order chi connectivity index (χ1) is 9.03. The molecule has 0 aromatic heterocycles. The van der Waals surface area contributed by atoms with Gasteiger partial charge in [-0.15, -0.1) is 0 Å². The van der Waals surface area contributed by atoms with Gasteiger partial charge in [0.15, 0.2) is 0 Å². The number of anilines is 1. The van der Waals surface area contributed by atoms with Gasteiger partial charge < -0.3 is 10.2 Å². The summed E-state index contributed by atoms with van der Waals surface area (Å²) in [5.74, 6) is -0.0879. The zero-order valence-electron chi connectivity index (χ0n) is 12.3. The Hall–Kier alpha value is -1.09. The van der Waals surface area contributed by atoms with Crippen LogP contribution in [0, 0.1) is 11.2 Å². The SMILES string of the molecule is CCNCc1cccc(F)c1N1CCC(C)(C)CC1. The van der Waals surface area contributed by atoms with Crippen molar-refractivity contribution in [2.75, 3.05) is 24.5 Å². The van der Waals surface area contributed by atoms with Crippen molar-refractivity contribution < 1.29 is 4.39 Å². The summed E-state index contributed by atoms with van der Waals surface area (Å²) >= 11 is 0.